The maximum Gasteiger partial charge on any atom is 0.232 e. The fraction of sp³-hybridized carbons (Fsp3) is 0.170. The van der Waals surface area contributed by atoms with E-state index in [9.17, 15) is 34.8 Å². The summed E-state index contributed by atoms with van der Waals surface area (Å²) in [5.74, 6) is -7.80. The number of thiazole rings is 1. The Labute approximate surface area is 396 Å². The van der Waals surface area contributed by atoms with Crippen LogP contribution in [0.2, 0.25) is 5.02 Å². The van der Waals surface area contributed by atoms with Crippen LogP contribution in [-0.4, -0.2) is 53.3 Å². The summed E-state index contributed by atoms with van der Waals surface area (Å²) < 4.78 is 125. The summed E-state index contributed by atoms with van der Waals surface area (Å²) in [7, 11) is -8.37. The number of sulfone groups is 1. The van der Waals surface area contributed by atoms with Crippen LogP contribution in [-0.2, 0) is 31.0 Å². The molecular weight excluding hydrogens is 969 g/mol. The zero-order valence-corrected chi connectivity index (χ0v) is 39.5. The van der Waals surface area contributed by atoms with Gasteiger partial charge in [0.05, 0.1) is 44.0 Å². The van der Waals surface area contributed by atoms with E-state index in [4.69, 9.17) is 17.3 Å². The topological polar surface area (TPSA) is 191 Å². The molecule has 12 nitrogen and oxygen atoms in total. The molecule has 8 rings (SSSR count). The molecule has 0 aliphatic carbocycles. The average Bonchev–Trinajstić information content (AvgIpc) is 3.91. The van der Waals surface area contributed by atoms with Crippen LogP contribution >= 0.6 is 22.9 Å². The molecule has 0 fully saturated rings. The molecule has 4 aromatic heterocycles. The molecule has 4 aromatic carbocycles. The van der Waals surface area contributed by atoms with E-state index >= 15 is 8.78 Å². The number of sulfonamides is 1. The predicted octanol–water partition coefficient (Wildman–Crippen LogP) is 11.1. The second-order valence-corrected chi connectivity index (χ2v) is 21.4. The Morgan fingerprint density at radius 3 is 2.19 bits per heavy atom. The molecule has 0 atom stereocenters. The van der Waals surface area contributed by atoms with Gasteiger partial charge in [-0.3, -0.25) is 9.52 Å². The monoisotopic (exact) mass is 1010 g/mol. The molecule has 4 N–H and O–H groups in total. The van der Waals surface area contributed by atoms with Gasteiger partial charge in [0.15, 0.2) is 15.7 Å². The largest absolute Gasteiger partial charge is 0.368 e. The minimum atomic E-state index is -4.53. The van der Waals surface area contributed by atoms with Crippen LogP contribution in [0.1, 0.15) is 60.6 Å². The van der Waals surface area contributed by atoms with E-state index in [1.807, 2.05) is 20.8 Å². The van der Waals surface area contributed by atoms with Crippen LogP contribution in [0.3, 0.4) is 0 Å². The predicted molar refractivity (Wildman–Crippen MR) is 253 cm³/mol. The number of hydrogen-bond acceptors (Lipinski definition) is 11. The molecule has 0 bridgehead atoms. The molecule has 0 aliphatic rings. The Kier molecular flexibility index (Phi) is 14.2. The Hall–Kier alpha value is -6.61. The normalized spacial score (nSPS) is 11.9. The highest BCUT2D eigenvalue weighted by Gasteiger charge is 2.30. The molecule has 0 unspecified atom stereocenters. The van der Waals surface area contributed by atoms with Crippen molar-refractivity contribution in [3.05, 3.63) is 159 Å². The smallest absolute Gasteiger partial charge is 0.232 e. The zero-order valence-electron chi connectivity index (χ0n) is 36.3. The highest BCUT2D eigenvalue weighted by Crippen LogP contribution is 2.42. The maximum absolute atomic E-state index is 15.7. The Morgan fingerprint density at radius 2 is 1.53 bits per heavy atom. The van der Waals surface area contributed by atoms with E-state index in [0.717, 1.165) is 35.9 Å². The number of aromatic amines is 1. The minimum Gasteiger partial charge on any atom is -0.368 e. The number of nitrogens with one attached hydrogen (secondary N) is 2. The van der Waals surface area contributed by atoms with E-state index in [1.54, 1.807) is 49.5 Å². The average molecular weight is 1010 g/mol. The third kappa shape index (κ3) is 10.6. The standard InChI is InChI=1S/C24H21F3N4O2S2.C23H18ClF2N3O3S/c1-24(2,3)22-31-19(20(34-22)17-10-11-29-23(28)30-17)14-7-4-6-13(18(14)27)12-35(32,33)21-15(25)8-5-9-16(21)26;1-2-9-33(31,32)29-19-8-7-18(25)20(21(19)26)22(30)17-12-28-23-16(17)10-14(11-27-23)13-3-5-15(24)6-4-13/h4-11H,12H2,1-3H3,(H2,28,29,30);3-8,10-12,29H,2,9H2,1H3,(H,27,28). The lowest BCUT2D eigenvalue weighted by molar-refractivity contribution is 0.103. The second kappa shape index (κ2) is 19.5. The highest BCUT2D eigenvalue weighted by molar-refractivity contribution is 7.92. The van der Waals surface area contributed by atoms with Crippen molar-refractivity contribution in [1.82, 2.24) is 24.9 Å². The molecule has 352 valence electrons. The van der Waals surface area contributed by atoms with Crippen LogP contribution in [0.15, 0.2) is 108 Å². The summed E-state index contributed by atoms with van der Waals surface area (Å²) in [6.07, 6.45) is 4.70. The molecular formula is C47H39ClF5N7O5S3. The van der Waals surface area contributed by atoms with Gasteiger partial charge >= 0.3 is 0 Å². The van der Waals surface area contributed by atoms with E-state index in [-0.39, 0.29) is 39.5 Å². The molecule has 0 amide bonds. The number of carbonyl (C=O) groups is 1. The number of nitrogen functional groups attached to an aromatic ring is 1. The van der Waals surface area contributed by atoms with Crippen molar-refractivity contribution in [1.29, 1.82) is 0 Å². The molecule has 0 radical (unpaired) electrons. The fourth-order valence-electron chi connectivity index (χ4n) is 6.88. The number of H-pyrrole nitrogens is 1. The number of rotatable bonds is 12. The first kappa shape index (κ1) is 49.3. The number of pyridine rings is 1. The lowest BCUT2D eigenvalue weighted by atomic mass is 9.98. The first-order valence-corrected chi connectivity index (χ1v) is 24.9. The summed E-state index contributed by atoms with van der Waals surface area (Å²) >= 11 is 7.24. The first-order chi connectivity index (χ1) is 32.1. The number of nitrogens with two attached hydrogens (primary N) is 1. The Morgan fingerprint density at radius 1 is 0.838 bits per heavy atom. The van der Waals surface area contributed by atoms with Gasteiger partial charge in [0.2, 0.25) is 21.8 Å². The van der Waals surface area contributed by atoms with Crippen molar-refractivity contribution < 1.29 is 43.6 Å². The molecule has 8 aromatic rings. The van der Waals surface area contributed by atoms with Gasteiger partial charge in [-0.1, -0.05) is 69.6 Å². The number of anilines is 2. The summed E-state index contributed by atoms with van der Waals surface area (Å²) in [5, 5.41) is 1.62. The van der Waals surface area contributed by atoms with Crippen LogP contribution in [0, 0.1) is 29.1 Å². The lowest BCUT2D eigenvalue weighted by Gasteiger charge is -2.13. The van der Waals surface area contributed by atoms with Gasteiger partial charge in [-0.15, -0.1) is 11.3 Å². The Balaban J connectivity index is 0.000000202. The van der Waals surface area contributed by atoms with Gasteiger partial charge in [0, 0.05) is 56.7 Å². The number of nitrogens with zero attached hydrogens (tertiary/aromatic N) is 4. The fourth-order valence-corrected chi connectivity index (χ4v) is 10.8. The number of carbonyl (C=O) groups excluding carboxylic acids is 1. The molecule has 4 heterocycles. The Bertz CT molecular complexity index is 3440. The van der Waals surface area contributed by atoms with Crippen LogP contribution in [0.25, 0.3) is 44.0 Å². The number of benzene rings is 4. The number of ketones is 1. The first-order valence-electron chi connectivity index (χ1n) is 20.4. The lowest BCUT2D eigenvalue weighted by Crippen LogP contribution is -2.18. The van der Waals surface area contributed by atoms with Crippen LogP contribution in [0.5, 0.6) is 0 Å². The summed E-state index contributed by atoms with van der Waals surface area (Å²) in [5.41, 5.74) is 6.33. The third-order valence-corrected chi connectivity index (χ3v) is 15.0. The highest BCUT2D eigenvalue weighted by atomic mass is 35.5. The van der Waals surface area contributed by atoms with Gasteiger partial charge in [0.25, 0.3) is 0 Å². The summed E-state index contributed by atoms with van der Waals surface area (Å²) in [6, 6.07) is 19.0. The second-order valence-electron chi connectivity index (χ2n) is 16.2. The third-order valence-electron chi connectivity index (χ3n) is 10.1. The molecule has 0 aliphatic heterocycles. The van der Waals surface area contributed by atoms with Gasteiger partial charge in [-0.05, 0) is 66.6 Å². The number of hydrogen-bond donors (Lipinski definition) is 3. The van der Waals surface area contributed by atoms with E-state index in [2.05, 4.69) is 29.6 Å². The van der Waals surface area contributed by atoms with Crippen molar-refractivity contribution in [2.24, 2.45) is 0 Å². The van der Waals surface area contributed by atoms with Gasteiger partial charge in [-0.2, -0.15) is 0 Å². The van der Waals surface area contributed by atoms with Gasteiger partial charge in [0.1, 0.15) is 33.8 Å². The van der Waals surface area contributed by atoms with E-state index in [0.29, 0.717) is 43.6 Å². The summed E-state index contributed by atoms with van der Waals surface area (Å²) in [4.78, 5) is 32.5. The van der Waals surface area contributed by atoms with E-state index < -0.39 is 76.6 Å². The minimum absolute atomic E-state index is 0.000297. The van der Waals surface area contributed by atoms with Crippen molar-refractivity contribution >= 4 is 71.3 Å². The summed E-state index contributed by atoms with van der Waals surface area (Å²) in [6.45, 7) is 7.51. The van der Waals surface area contributed by atoms with Gasteiger partial charge in [-0.25, -0.2) is 58.7 Å². The van der Waals surface area contributed by atoms with Crippen molar-refractivity contribution in [2.45, 2.75) is 50.2 Å². The number of halogens is 6. The maximum atomic E-state index is 15.7. The number of fused-ring (bicyclic) bond motifs is 1. The number of aromatic nitrogens is 5. The quantitative estimate of drug-likeness (QED) is 0.0784. The zero-order chi connectivity index (χ0) is 49.3. The molecule has 0 saturated carbocycles. The molecule has 0 saturated heterocycles. The molecule has 21 heteroatoms. The van der Waals surface area contributed by atoms with Crippen molar-refractivity contribution in [2.75, 3.05) is 16.2 Å². The van der Waals surface area contributed by atoms with Crippen LogP contribution < -0.4 is 10.5 Å². The van der Waals surface area contributed by atoms with Crippen LogP contribution in [0.4, 0.5) is 33.6 Å². The molecule has 68 heavy (non-hydrogen) atoms. The van der Waals surface area contributed by atoms with E-state index in [1.165, 1.54) is 41.9 Å². The SMILES string of the molecule is CC(C)(C)c1nc(-c2cccc(CS(=O)(=O)c3c(F)cccc3F)c2F)c(-c2ccnc(N)n2)s1.CCCS(=O)(=O)Nc1ccc(F)c(C(=O)c2c[nH]c3ncc(-c4ccc(Cl)cc4)cc23)c1F. The van der Waals surface area contributed by atoms with Gasteiger partial charge < -0.3 is 10.7 Å². The van der Waals surface area contributed by atoms with Crippen molar-refractivity contribution in [3.8, 4) is 33.0 Å². The van der Waals surface area contributed by atoms with Crippen molar-refractivity contribution in [3.63, 3.8) is 0 Å². The molecule has 0 spiro atoms.